The van der Waals surface area contributed by atoms with Crippen molar-refractivity contribution in [3.05, 3.63) is 22.3 Å². The Balaban J connectivity index is 0.00000272. The summed E-state index contributed by atoms with van der Waals surface area (Å²) in [6, 6.07) is -0.916. The van der Waals surface area contributed by atoms with Crippen molar-refractivity contribution in [2.75, 3.05) is 25.2 Å². The van der Waals surface area contributed by atoms with Crippen LogP contribution in [0.5, 0.6) is 0 Å². The maximum absolute atomic E-state index is 12.8. The minimum atomic E-state index is -1.43. The monoisotopic (exact) mass is 475 g/mol. The Labute approximate surface area is 207 Å². The van der Waals surface area contributed by atoms with Crippen molar-refractivity contribution in [1.82, 2.24) is 15.2 Å². The standard InChI is InChI=1S/C17H19N5O6S2.Na/c1-27-21-10(8-6-30-17(18)19-8)13(23)20-11-14(24)22-12(16(25)26)7(5-29-15(11)22)9-3-2-4-28-9;/h6,9,11,15H,2-5H2,1H3,(H2,18,19)(H,20,23)(H,25,26);/q;+1/p-1/b21-10-;/t9-,11+,15-;/m0./s1. The molecule has 2 fully saturated rings. The number of β-lactam (4-membered cyclic amide) rings is 1. The van der Waals surface area contributed by atoms with Gasteiger partial charge >= 0.3 is 29.6 Å². The van der Waals surface area contributed by atoms with E-state index in [-0.39, 0.29) is 57.9 Å². The Morgan fingerprint density at radius 1 is 1.48 bits per heavy atom. The van der Waals surface area contributed by atoms with Crippen LogP contribution >= 0.6 is 23.1 Å². The SMILES string of the molecule is CO/N=C(\C(=O)N[C@@H]1C(=O)N2C(C(=O)[O-])=C([C@@H]3CCCO3)CS[C@@H]12)c1csc(N)n1.[Na+]. The first-order valence-electron chi connectivity index (χ1n) is 9.06. The molecule has 160 valence electrons. The molecule has 0 spiro atoms. The fourth-order valence-corrected chi connectivity index (χ4v) is 5.59. The number of oxime groups is 1. The molecule has 1 aromatic heterocycles. The van der Waals surface area contributed by atoms with Gasteiger partial charge in [0.2, 0.25) is 0 Å². The van der Waals surface area contributed by atoms with Crippen molar-refractivity contribution in [1.29, 1.82) is 0 Å². The number of thiazole rings is 1. The molecule has 3 aliphatic rings. The molecule has 3 atom stereocenters. The Hall–Kier alpha value is -1.64. The third-order valence-corrected chi connectivity index (χ3v) is 6.93. The summed E-state index contributed by atoms with van der Waals surface area (Å²) >= 11 is 2.49. The first kappa shape index (κ1) is 24.0. The van der Waals surface area contributed by atoms with E-state index in [1.54, 1.807) is 5.38 Å². The molecule has 4 rings (SSSR count). The van der Waals surface area contributed by atoms with Crippen LogP contribution in [0.1, 0.15) is 18.5 Å². The number of aliphatic carboxylic acids is 1. The Morgan fingerprint density at radius 3 is 2.84 bits per heavy atom. The van der Waals surface area contributed by atoms with Gasteiger partial charge in [0.05, 0.1) is 17.8 Å². The fraction of sp³-hybridized carbons (Fsp3) is 0.471. The van der Waals surface area contributed by atoms with Gasteiger partial charge in [-0.15, -0.1) is 23.1 Å². The summed E-state index contributed by atoms with van der Waals surface area (Å²) in [7, 11) is 1.28. The van der Waals surface area contributed by atoms with Crippen molar-refractivity contribution in [3.8, 4) is 0 Å². The number of nitrogens with one attached hydrogen (secondary N) is 1. The largest absolute Gasteiger partial charge is 1.00 e. The van der Waals surface area contributed by atoms with Crippen LogP contribution in [-0.4, -0.2) is 70.4 Å². The van der Waals surface area contributed by atoms with Crippen LogP contribution in [0.3, 0.4) is 0 Å². The molecule has 31 heavy (non-hydrogen) atoms. The predicted octanol–water partition coefficient (Wildman–Crippen LogP) is -4.34. The van der Waals surface area contributed by atoms with Crippen molar-refractivity contribution >= 4 is 51.7 Å². The van der Waals surface area contributed by atoms with Gasteiger partial charge in [0.15, 0.2) is 10.8 Å². The van der Waals surface area contributed by atoms with Crippen LogP contribution in [0, 0.1) is 0 Å². The number of hydrogen-bond acceptors (Lipinski definition) is 11. The molecule has 0 aliphatic carbocycles. The number of hydrogen-bond donors (Lipinski definition) is 2. The summed E-state index contributed by atoms with van der Waals surface area (Å²) in [4.78, 5) is 47.2. The van der Waals surface area contributed by atoms with E-state index in [2.05, 4.69) is 15.5 Å². The van der Waals surface area contributed by atoms with E-state index in [9.17, 15) is 19.5 Å². The van der Waals surface area contributed by atoms with Crippen LogP contribution in [0.4, 0.5) is 5.13 Å². The van der Waals surface area contributed by atoms with Crippen molar-refractivity contribution in [2.45, 2.75) is 30.4 Å². The number of nitrogens with two attached hydrogens (primary N) is 1. The summed E-state index contributed by atoms with van der Waals surface area (Å²) in [5, 5.41) is 19.3. The normalized spacial score (nSPS) is 25.5. The fourth-order valence-electron chi connectivity index (χ4n) is 3.63. The summed E-state index contributed by atoms with van der Waals surface area (Å²) in [6.45, 7) is 0.554. The molecular formula is C17H18N5NaO6S2. The van der Waals surface area contributed by atoms with E-state index >= 15 is 0 Å². The van der Waals surface area contributed by atoms with Gasteiger partial charge in [-0.3, -0.25) is 14.5 Å². The number of rotatable bonds is 6. The van der Waals surface area contributed by atoms with Gasteiger partial charge in [0.1, 0.15) is 24.2 Å². The molecule has 0 saturated carbocycles. The Bertz CT molecular complexity index is 961. The second-order valence-corrected chi connectivity index (χ2v) is 8.71. The Morgan fingerprint density at radius 2 is 2.26 bits per heavy atom. The van der Waals surface area contributed by atoms with E-state index in [1.165, 1.54) is 23.8 Å². The number of amides is 2. The van der Waals surface area contributed by atoms with Gasteiger partial charge in [-0.05, 0) is 18.4 Å². The smallest absolute Gasteiger partial charge is 0.543 e. The topological polar surface area (TPSA) is 159 Å². The average Bonchev–Trinajstić information content (AvgIpc) is 3.40. The van der Waals surface area contributed by atoms with E-state index in [0.29, 0.717) is 24.4 Å². The first-order valence-corrected chi connectivity index (χ1v) is 11.0. The first-order chi connectivity index (χ1) is 14.4. The molecule has 3 N–H and O–H groups in total. The number of nitrogens with zero attached hydrogens (tertiary/aromatic N) is 3. The van der Waals surface area contributed by atoms with E-state index in [0.717, 1.165) is 17.8 Å². The van der Waals surface area contributed by atoms with Crippen molar-refractivity contribution in [2.24, 2.45) is 5.16 Å². The molecule has 2 saturated heterocycles. The molecule has 2 amide bonds. The van der Waals surface area contributed by atoms with E-state index in [4.69, 9.17) is 15.3 Å². The zero-order chi connectivity index (χ0) is 21.4. The average molecular weight is 475 g/mol. The third-order valence-electron chi connectivity index (χ3n) is 4.96. The van der Waals surface area contributed by atoms with Crippen LogP contribution in [-0.2, 0) is 24.0 Å². The number of carboxylic acids is 1. The van der Waals surface area contributed by atoms with Crippen LogP contribution in [0.2, 0.25) is 0 Å². The summed E-state index contributed by atoms with van der Waals surface area (Å²) in [5.41, 5.74) is 6.09. The maximum Gasteiger partial charge on any atom is 1.00 e. The molecule has 4 heterocycles. The van der Waals surface area contributed by atoms with Gasteiger partial charge < -0.3 is 30.5 Å². The third kappa shape index (κ3) is 4.47. The number of thioether (sulfide) groups is 1. The second kappa shape index (κ2) is 9.88. The van der Waals surface area contributed by atoms with Gasteiger partial charge in [-0.1, -0.05) is 5.16 Å². The zero-order valence-corrected chi connectivity index (χ0v) is 20.5. The Kier molecular flexibility index (Phi) is 7.65. The molecule has 0 bridgehead atoms. The minimum absolute atomic E-state index is 0. The number of ether oxygens (including phenoxy) is 1. The van der Waals surface area contributed by atoms with Crippen LogP contribution < -0.4 is 45.7 Å². The molecular weight excluding hydrogens is 457 g/mol. The zero-order valence-electron chi connectivity index (χ0n) is 16.8. The quantitative estimate of drug-likeness (QED) is 0.179. The van der Waals surface area contributed by atoms with Gasteiger partial charge in [0, 0.05) is 17.7 Å². The van der Waals surface area contributed by atoms with Gasteiger partial charge in [-0.25, -0.2) is 4.98 Å². The minimum Gasteiger partial charge on any atom is -0.543 e. The predicted molar refractivity (Wildman–Crippen MR) is 106 cm³/mol. The summed E-state index contributed by atoms with van der Waals surface area (Å²) in [6.07, 6.45) is 1.20. The van der Waals surface area contributed by atoms with Crippen LogP contribution in [0.15, 0.2) is 21.8 Å². The molecule has 3 aliphatic heterocycles. The molecule has 0 aromatic carbocycles. The number of nitrogen functional groups attached to an aromatic ring is 1. The second-order valence-electron chi connectivity index (χ2n) is 6.72. The maximum atomic E-state index is 12.8. The molecule has 14 heteroatoms. The number of anilines is 1. The molecule has 0 radical (unpaired) electrons. The van der Waals surface area contributed by atoms with Crippen molar-refractivity contribution in [3.63, 3.8) is 0 Å². The number of carbonyl (C=O) groups excluding carboxylic acids is 3. The van der Waals surface area contributed by atoms with Gasteiger partial charge in [-0.2, -0.15) is 0 Å². The summed E-state index contributed by atoms with van der Waals surface area (Å²) in [5.74, 6) is -2.27. The molecule has 0 unspecified atom stereocenters. The number of fused-ring (bicyclic) bond motifs is 1. The number of carboxylic acid groups (broad SMARTS) is 1. The number of carbonyl (C=O) groups is 3. The van der Waals surface area contributed by atoms with Crippen molar-refractivity contribution < 1.29 is 58.6 Å². The summed E-state index contributed by atoms with van der Waals surface area (Å²) < 4.78 is 5.60. The van der Waals surface area contributed by atoms with Gasteiger partial charge in [0.25, 0.3) is 11.8 Å². The number of aromatic nitrogens is 1. The van der Waals surface area contributed by atoms with Crippen LogP contribution in [0.25, 0.3) is 0 Å². The molecule has 11 nitrogen and oxygen atoms in total. The van der Waals surface area contributed by atoms with E-state index < -0.39 is 29.2 Å². The van der Waals surface area contributed by atoms with E-state index in [1.807, 2.05) is 0 Å². The molecule has 1 aromatic rings.